The van der Waals surface area contributed by atoms with Gasteiger partial charge in [0.1, 0.15) is 18.2 Å². The normalized spacial score (nSPS) is 12.2. The van der Waals surface area contributed by atoms with Crippen molar-refractivity contribution >= 4 is 15.9 Å². The van der Waals surface area contributed by atoms with Gasteiger partial charge in [-0.1, -0.05) is 6.07 Å². The van der Waals surface area contributed by atoms with E-state index in [1.807, 2.05) is 19.1 Å². The van der Waals surface area contributed by atoms with Gasteiger partial charge in [-0.25, -0.2) is 4.39 Å². The molecular weight excluding hydrogens is 323 g/mol. The van der Waals surface area contributed by atoms with Gasteiger partial charge in [-0.3, -0.25) is 4.98 Å². The number of benzene rings is 1. The fourth-order valence-electron chi connectivity index (χ4n) is 1.75. The molecule has 1 atom stereocenters. The van der Waals surface area contributed by atoms with Crippen LogP contribution in [0.2, 0.25) is 0 Å². The highest BCUT2D eigenvalue weighted by atomic mass is 79.9. The molecule has 1 unspecified atom stereocenters. The Hall–Kier alpha value is -1.46. The monoisotopic (exact) mass is 338 g/mol. The number of nitrogens with one attached hydrogen (secondary N) is 1. The summed E-state index contributed by atoms with van der Waals surface area (Å²) in [5, 5.41) is 3.01. The minimum atomic E-state index is -0.270. The molecule has 1 aromatic carbocycles. The maximum absolute atomic E-state index is 13.9. The van der Waals surface area contributed by atoms with Gasteiger partial charge >= 0.3 is 0 Å². The molecule has 0 saturated carbocycles. The summed E-state index contributed by atoms with van der Waals surface area (Å²) < 4.78 is 20.4. The lowest BCUT2D eigenvalue weighted by molar-refractivity contribution is 0.299. The zero-order valence-electron chi connectivity index (χ0n) is 11.4. The first kappa shape index (κ1) is 14.9. The van der Waals surface area contributed by atoms with E-state index in [1.54, 1.807) is 25.4 Å². The van der Waals surface area contributed by atoms with Gasteiger partial charge in [0.15, 0.2) is 0 Å². The zero-order valence-corrected chi connectivity index (χ0v) is 12.9. The van der Waals surface area contributed by atoms with Crippen LogP contribution in [0.15, 0.2) is 41.0 Å². The molecule has 0 aliphatic heterocycles. The van der Waals surface area contributed by atoms with Gasteiger partial charge in [0, 0.05) is 28.3 Å². The summed E-state index contributed by atoms with van der Waals surface area (Å²) in [4.78, 5) is 4.20. The Morgan fingerprint density at radius 3 is 2.75 bits per heavy atom. The van der Waals surface area contributed by atoms with Crippen molar-refractivity contribution in [3.8, 4) is 5.75 Å². The van der Waals surface area contributed by atoms with E-state index in [1.165, 1.54) is 6.07 Å². The van der Waals surface area contributed by atoms with Gasteiger partial charge in [0.05, 0.1) is 5.69 Å². The molecule has 0 aliphatic carbocycles. The molecule has 0 fully saturated rings. The summed E-state index contributed by atoms with van der Waals surface area (Å²) in [6.45, 7) is 2.22. The maximum Gasteiger partial charge on any atom is 0.131 e. The molecule has 2 aromatic rings. The van der Waals surface area contributed by atoms with Crippen molar-refractivity contribution in [2.45, 2.75) is 19.6 Å². The van der Waals surface area contributed by atoms with Crippen LogP contribution in [0.4, 0.5) is 4.39 Å². The van der Waals surface area contributed by atoms with E-state index < -0.39 is 0 Å². The van der Waals surface area contributed by atoms with E-state index in [2.05, 4.69) is 26.2 Å². The van der Waals surface area contributed by atoms with Crippen LogP contribution >= 0.6 is 15.9 Å². The van der Waals surface area contributed by atoms with E-state index in [9.17, 15) is 4.39 Å². The molecule has 0 bridgehead atoms. The number of halogens is 2. The minimum absolute atomic E-state index is 0.0304. The molecule has 0 radical (unpaired) electrons. The topological polar surface area (TPSA) is 34.1 Å². The summed E-state index contributed by atoms with van der Waals surface area (Å²) in [6.07, 6.45) is 1.71. The standard InChI is InChI=1S/C15H16BrFN2O/c1-10(18-2)14-6-5-13(7-15(14)17)20-9-12-4-3-11(16)8-19-12/h3-8,10,18H,9H2,1-2H3. The van der Waals surface area contributed by atoms with E-state index in [0.717, 1.165) is 10.2 Å². The summed E-state index contributed by atoms with van der Waals surface area (Å²) in [6, 6.07) is 8.63. The van der Waals surface area contributed by atoms with Gasteiger partial charge in [0.2, 0.25) is 0 Å². The largest absolute Gasteiger partial charge is 0.487 e. The lowest BCUT2D eigenvalue weighted by Crippen LogP contribution is -2.13. The number of ether oxygens (including phenoxy) is 1. The van der Waals surface area contributed by atoms with Crippen molar-refractivity contribution in [3.63, 3.8) is 0 Å². The molecule has 3 nitrogen and oxygen atoms in total. The molecule has 0 spiro atoms. The number of aromatic nitrogens is 1. The molecule has 0 aliphatic rings. The zero-order chi connectivity index (χ0) is 14.5. The molecule has 106 valence electrons. The predicted octanol–water partition coefficient (Wildman–Crippen LogP) is 3.84. The highest BCUT2D eigenvalue weighted by Crippen LogP contribution is 2.22. The van der Waals surface area contributed by atoms with E-state index in [0.29, 0.717) is 17.9 Å². The molecule has 20 heavy (non-hydrogen) atoms. The second kappa shape index (κ2) is 6.81. The Morgan fingerprint density at radius 1 is 1.35 bits per heavy atom. The fraction of sp³-hybridized carbons (Fsp3) is 0.267. The first-order valence-electron chi connectivity index (χ1n) is 6.30. The molecule has 1 N–H and O–H groups in total. The average Bonchev–Trinajstić information content (AvgIpc) is 2.46. The van der Waals surface area contributed by atoms with Crippen LogP contribution in [0.5, 0.6) is 5.75 Å². The molecule has 2 rings (SSSR count). The molecule has 1 aromatic heterocycles. The summed E-state index contributed by atoms with van der Waals surface area (Å²) in [7, 11) is 1.80. The Kier molecular flexibility index (Phi) is 5.09. The van der Waals surface area contributed by atoms with Crippen molar-refractivity contribution in [2.24, 2.45) is 0 Å². The van der Waals surface area contributed by atoms with E-state index in [4.69, 9.17) is 4.74 Å². The number of hydrogen-bond donors (Lipinski definition) is 1. The van der Waals surface area contributed by atoms with Crippen LogP contribution in [-0.4, -0.2) is 12.0 Å². The van der Waals surface area contributed by atoms with Gasteiger partial charge < -0.3 is 10.1 Å². The van der Waals surface area contributed by atoms with Crippen molar-refractivity contribution in [1.29, 1.82) is 0 Å². The van der Waals surface area contributed by atoms with Crippen LogP contribution < -0.4 is 10.1 Å². The number of pyridine rings is 1. The molecule has 1 heterocycles. The second-order valence-electron chi connectivity index (χ2n) is 4.45. The SMILES string of the molecule is CNC(C)c1ccc(OCc2ccc(Br)cn2)cc1F. The summed E-state index contributed by atoms with van der Waals surface area (Å²) >= 11 is 3.32. The third-order valence-corrected chi connectivity index (χ3v) is 3.52. The van der Waals surface area contributed by atoms with Crippen LogP contribution in [0, 0.1) is 5.82 Å². The van der Waals surface area contributed by atoms with Crippen LogP contribution in [0.3, 0.4) is 0 Å². The Bertz CT molecular complexity index is 575. The summed E-state index contributed by atoms with van der Waals surface area (Å²) in [5.74, 6) is 0.229. The third-order valence-electron chi connectivity index (χ3n) is 3.05. The van der Waals surface area contributed by atoms with Crippen molar-refractivity contribution in [1.82, 2.24) is 10.3 Å². The van der Waals surface area contributed by atoms with Gasteiger partial charge in [-0.15, -0.1) is 0 Å². The second-order valence-corrected chi connectivity index (χ2v) is 5.37. The van der Waals surface area contributed by atoms with Crippen LogP contribution in [0.1, 0.15) is 24.2 Å². The molecular formula is C15H16BrFN2O. The van der Waals surface area contributed by atoms with Gasteiger partial charge in [-0.2, -0.15) is 0 Å². The molecule has 0 saturated heterocycles. The predicted molar refractivity (Wildman–Crippen MR) is 80.1 cm³/mol. The summed E-state index contributed by atoms with van der Waals surface area (Å²) in [5.41, 5.74) is 1.42. The number of nitrogens with zero attached hydrogens (tertiary/aromatic N) is 1. The lowest BCUT2D eigenvalue weighted by Gasteiger charge is -2.13. The smallest absolute Gasteiger partial charge is 0.131 e. The fourth-order valence-corrected chi connectivity index (χ4v) is 1.99. The first-order chi connectivity index (χ1) is 9.60. The van der Waals surface area contributed by atoms with Crippen molar-refractivity contribution < 1.29 is 9.13 Å². The highest BCUT2D eigenvalue weighted by molar-refractivity contribution is 9.10. The minimum Gasteiger partial charge on any atom is -0.487 e. The number of hydrogen-bond acceptors (Lipinski definition) is 3. The Morgan fingerprint density at radius 2 is 2.15 bits per heavy atom. The lowest BCUT2D eigenvalue weighted by atomic mass is 10.1. The average molecular weight is 339 g/mol. The third kappa shape index (κ3) is 3.77. The molecule has 0 amide bonds. The van der Waals surface area contributed by atoms with Gasteiger partial charge in [0.25, 0.3) is 0 Å². The van der Waals surface area contributed by atoms with Gasteiger partial charge in [-0.05, 0) is 48.1 Å². The highest BCUT2D eigenvalue weighted by Gasteiger charge is 2.10. The van der Waals surface area contributed by atoms with Crippen molar-refractivity contribution in [3.05, 3.63) is 58.1 Å². The van der Waals surface area contributed by atoms with Crippen LogP contribution in [0.25, 0.3) is 0 Å². The van der Waals surface area contributed by atoms with E-state index >= 15 is 0 Å². The first-order valence-corrected chi connectivity index (χ1v) is 7.09. The van der Waals surface area contributed by atoms with Crippen LogP contribution in [-0.2, 0) is 6.61 Å². The molecule has 5 heteroatoms. The quantitative estimate of drug-likeness (QED) is 0.899. The Labute approximate surface area is 126 Å². The van der Waals surface area contributed by atoms with E-state index in [-0.39, 0.29) is 11.9 Å². The maximum atomic E-state index is 13.9. The Balaban J connectivity index is 2.03. The van der Waals surface area contributed by atoms with Crippen molar-refractivity contribution in [2.75, 3.05) is 7.05 Å². The number of rotatable bonds is 5.